The van der Waals surface area contributed by atoms with Gasteiger partial charge in [0.2, 0.25) is 5.88 Å². The Morgan fingerprint density at radius 1 is 1.35 bits per heavy atom. The van der Waals surface area contributed by atoms with Gasteiger partial charge < -0.3 is 10.5 Å². The predicted octanol–water partition coefficient (Wildman–Crippen LogP) is 2.33. The van der Waals surface area contributed by atoms with E-state index in [1.807, 2.05) is 6.07 Å². The van der Waals surface area contributed by atoms with Crippen molar-refractivity contribution in [1.29, 1.82) is 0 Å². The number of methoxy groups -OCH3 is 1. The minimum absolute atomic E-state index is 0.285. The van der Waals surface area contributed by atoms with E-state index in [0.717, 1.165) is 23.8 Å². The average molecular weight is 232 g/mol. The smallest absolute Gasteiger partial charge is 0.213 e. The van der Waals surface area contributed by atoms with Crippen LogP contribution in [0, 0.1) is 5.82 Å². The molecule has 1 aromatic carbocycles. The molecular formula is C13H13FN2O. The van der Waals surface area contributed by atoms with Gasteiger partial charge >= 0.3 is 0 Å². The Bertz CT molecular complexity index is 593. The van der Waals surface area contributed by atoms with Crippen molar-refractivity contribution in [2.45, 2.75) is 18.4 Å². The van der Waals surface area contributed by atoms with Crippen LogP contribution in [-0.2, 0) is 5.54 Å². The van der Waals surface area contributed by atoms with Crippen LogP contribution in [0.2, 0.25) is 0 Å². The van der Waals surface area contributed by atoms with Crippen molar-refractivity contribution >= 4 is 10.9 Å². The molecule has 1 aliphatic carbocycles. The first-order valence-electron chi connectivity index (χ1n) is 5.56. The third-order valence-corrected chi connectivity index (χ3v) is 3.28. The minimum Gasteiger partial charge on any atom is -0.481 e. The molecule has 1 aliphatic rings. The van der Waals surface area contributed by atoms with Gasteiger partial charge in [0.05, 0.1) is 12.6 Å². The highest BCUT2D eigenvalue weighted by molar-refractivity contribution is 5.84. The summed E-state index contributed by atoms with van der Waals surface area (Å²) < 4.78 is 18.3. The van der Waals surface area contributed by atoms with E-state index in [1.54, 1.807) is 13.2 Å². The SMILES string of the molecule is COc1cc(C2(N)CC2)c2ccc(F)cc2n1. The van der Waals surface area contributed by atoms with Gasteiger partial charge in [-0.05, 0) is 30.5 Å². The van der Waals surface area contributed by atoms with Crippen LogP contribution in [0.5, 0.6) is 5.88 Å². The van der Waals surface area contributed by atoms with E-state index in [0.29, 0.717) is 11.4 Å². The Balaban J connectivity index is 2.31. The molecule has 0 unspecified atom stereocenters. The summed E-state index contributed by atoms with van der Waals surface area (Å²) in [5.41, 5.74) is 7.53. The number of halogens is 1. The van der Waals surface area contributed by atoms with Crippen molar-refractivity contribution in [3.05, 3.63) is 35.6 Å². The van der Waals surface area contributed by atoms with E-state index < -0.39 is 0 Å². The van der Waals surface area contributed by atoms with Gasteiger partial charge in [0.15, 0.2) is 0 Å². The molecule has 0 radical (unpaired) electrons. The van der Waals surface area contributed by atoms with E-state index in [1.165, 1.54) is 12.1 Å². The summed E-state index contributed by atoms with van der Waals surface area (Å²) in [5.74, 6) is 0.181. The van der Waals surface area contributed by atoms with E-state index in [2.05, 4.69) is 4.98 Å². The van der Waals surface area contributed by atoms with Gasteiger partial charge in [-0.15, -0.1) is 0 Å². The number of nitrogens with two attached hydrogens (primary N) is 1. The molecule has 1 fully saturated rings. The molecule has 3 rings (SSSR count). The molecule has 0 atom stereocenters. The number of benzene rings is 1. The lowest BCUT2D eigenvalue weighted by Crippen LogP contribution is -2.19. The Hall–Kier alpha value is -1.68. The maximum Gasteiger partial charge on any atom is 0.213 e. The van der Waals surface area contributed by atoms with Gasteiger partial charge in [-0.1, -0.05) is 0 Å². The summed E-state index contributed by atoms with van der Waals surface area (Å²) in [5, 5.41) is 0.909. The van der Waals surface area contributed by atoms with Crippen LogP contribution in [0.15, 0.2) is 24.3 Å². The lowest BCUT2D eigenvalue weighted by Gasteiger charge is -2.14. The quantitative estimate of drug-likeness (QED) is 0.864. The lowest BCUT2D eigenvalue weighted by molar-refractivity contribution is 0.398. The molecule has 1 saturated carbocycles. The zero-order valence-electron chi connectivity index (χ0n) is 9.53. The molecule has 1 heterocycles. The zero-order valence-corrected chi connectivity index (χ0v) is 9.53. The average Bonchev–Trinajstić information content (AvgIpc) is 3.06. The molecule has 0 spiro atoms. The lowest BCUT2D eigenvalue weighted by atomic mass is 10.0. The van der Waals surface area contributed by atoms with Crippen LogP contribution < -0.4 is 10.5 Å². The van der Waals surface area contributed by atoms with Crippen LogP contribution >= 0.6 is 0 Å². The number of fused-ring (bicyclic) bond motifs is 1. The van der Waals surface area contributed by atoms with E-state index in [9.17, 15) is 4.39 Å². The molecule has 0 bridgehead atoms. The molecule has 2 N–H and O–H groups in total. The van der Waals surface area contributed by atoms with E-state index >= 15 is 0 Å². The molecule has 88 valence electrons. The number of rotatable bonds is 2. The van der Waals surface area contributed by atoms with E-state index in [-0.39, 0.29) is 11.4 Å². The fourth-order valence-electron chi connectivity index (χ4n) is 2.10. The first-order chi connectivity index (χ1) is 8.12. The van der Waals surface area contributed by atoms with Crippen molar-refractivity contribution in [2.24, 2.45) is 5.73 Å². The van der Waals surface area contributed by atoms with Crippen molar-refractivity contribution in [3.63, 3.8) is 0 Å². The fraction of sp³-hybridized carbons (Fsp3) is 0.308. The topological polar surface area (TPSA) is 48.1 Å². The summed E-state index contributed by atoms with van der Waals surface area (Å²) in [6.07, 6.45) is 1.90. The molecule has 3 nitrogen and oxygen atoms in total. The maximum absolute atomic E-state index is 13.2. The Labute approximate surface area is 98.4 Å². The number of pyridine rings is 1. The highest BCUT2D eigenvalue weighted by Gasteiger charge is 2.41. The normalized spacial score (nSPS) is 17.1. The van der Waals surface area contributed by atoms with Crippen molar-refractivity contribution in [1.82, 2.24) is 4.98 Å². The molecule has 4 heteroatoms. The second-order valence-corrected chi connectivity index (χ2v) is 4.53. The van der Waals surface area contributed by atoms with Gasteiger partial charge in [-0.25, -0.2) is 9.37 Å². The second-order valence-electron chi connectivity index (χ2n) is 4.53. The van der Waals surface area contributed by atoms with Crippen LogP contribution in [-0.4, -0.2) is 12.1 Å². The summed E-state index contributed by atoms with van der Waals surface area (Å²) in [7, 11) is 1.55. The highest BCUT2D eigenvalue weighted by atomic mass is 19.1. The molecular weight excluding hydrogens is 219 g/mol. The number of aromatic nitrogens is 1. The number of nitrogens with zero attached hydrogens (tertiary/aromatic N) is 1. The largest absolute Gasteiger partial charge is 0.481 e. The first kappa shape index (κ1) is 10.5. The van der Waals surface area contributed by atoms with Crippen molar-refractivity contribution in [3.8, 4) is 5.88 Å². The first-order valence-corrected chi connectivity index (χ1v) is 5.56. The summed E-state index contributed by atoms with van der Waals surface area (Å²) >= 11 is 0. The Morgan fingerprint density at radius 3 is 2.76 bits per heavy atom. The summed E-state index contributed by atoms with van der Waals surface area (Å²) in [6.45, 7) is 0. The van der Waals surface area contributed by atoms with Crippen molar-refractivity contribution in [2.75, 3.05) is 7.11 Å². The Kier molecular flexibility index (Phi) is 2.10. The summed E-state index contributed by atoms with van der Waals surface area (Å²) in [4.78, 5) is 4.24. The molecule has 1 aromatic heterocycles. The van der Waals surface area contributed by atoms with Crippen molar-refractivity contribution < 1.29 is 9.13 Å². The van der Waals surface area contributed by atoms with Gasteiger partial charge in [0, 0.05) is 23.1 Å². The minimum atomic E-state index is -0.300. The molecule has 17 heavy (non-hydrogen) atoms. The van der Waals surface area contributed by atoms with Gasteiger partial charge in [-0.2, -0.15) is 0 Å². The summed E-state index contributed by atoms with van der Waals surface area (Å²) in [6, 6.07) is 6.44. The van der Waals surface area contributed by atoms with Crippen LogP contribution in [0.4, 0.5) is 4.39 Å². The van der Waals surface area contributed by atoms with Gasteiger partial charge in [0.25, 0.3) is 0 Å². The molecule has 0 saturated heterocycles. The third kappa shape index (κ3) is 1.65. The van der Waals surface area contributed by atoms with Crippen LogP contribution in [0.1, 0.15) is 18.4 Å². The standard InChI is InChI=1S/C13H13FN2O/c1-17-12-7-10(13(15)4-5-13)9-3-2-8(14)6-11(9)16-12/h2-3,6-7H,4-5,15H2,1H3. The zero-order chi connectivity index (χ0) is 12.0. The monoisotopic (exact) mass is 232 g/mol. The predicted molar refractivity (Wildman–Crippen MR) is 63.4 cm³/mol. The van der Waals surface area contributed by atoms with Gasteiger partial charge in [0.1, 0.15) is 5.82 Å². The van der Waals surface area contributed by atoms with Crippen LogP contribution in [0.3, 0.4) is 0 Å². The number of ether oxygens (including phenoxy) is 1. The molecule has 0 aliphatic heterocycles. The third-order valence-electron chi connectivity index (χ3n) is 3.28. The fourth-order valence-corrected chi connectivity index (χ4v) is 2.10. The van der Waals surface area contributed by atoms with E-state index in [4.69, 9.17) is 10.5 Å². The molecule has 2 aromatic rings. The van der Waals surface area contributed by atoms with Gasteiger partial charge in [-0.3, -0.25) is 0 Å². The number of hydrogen-bond donors (Lipinski definition) is 1. The van der Waals surface area contributed by atoms with Crippen LogP contribution in [0.25, 0.3) is 10.9 Å². The number of hydrogen-bond acceptors (Lipinski definition) is 3. The Morgan fingerprint density at radius 2 is 2.12 bits per heavy atom. The second kappa shape index (κ2) is 3.40. The maximum atomic E-state index is 13.2. The highest BCUT2D eigenvalue weighted by Crippen LogP contribution is 2.46. The molecule has 0 amide bonds.